The van der Waals surface area contributed by atoms with Crippen molar-refractivity contribution in [1.29, 1.82) is 0 Å². The van der Waals surface area contributed by atoms with Crippen molar-refractivity contribution < 1.29 is 59.6 Å². The van der Waals surface area contributed by atoms with Crippen LogP contribution in [0.15, 0.2) is 23.8 Å². The molecule has 1 aliphatic heterocycles. The Morgan fingerprint density at radius 2 is 1.57 bits per heavy atom. The van der Waals surface area contributed by atoms with Crippen LogP contribution in [0.25, 0.3) is 0 Å². The van der Waals surface area contributed by atoms with Crippen LogP contribution < -0.4 is 0 Å². The Hall–Kier alpha value is -2.35. The summed E-state index contributed by atoms with van der Waals surface area (Å²) in [7, 11) is 0. The number of hydrogen-bond acceptors (Lipinski definition) is 9. The fraction of sp³-hybridized carbons (Fsp3) is 0.800. The second kappa shape index (κ2) is 11.1. The van der Waals surface area contributed by atoms with E-state index < -0.39 is 99.5 Å². The highest BCUT2D eigenvalue weighted by Gasteiger charge is 2.75. The third-order valence-electron chi connectivity index (χ3n) is 14.6. The predicted octanol–water partition coefficient (Wildman–Crippen LogP) is 2.57. The molecule has 0 aromatic rings. The first-order valence-electron chi connectivity index (χ1n) is 16.9. The molecule has 12 heteroatoms. The molecule has 4 saturated carbocycles. The largest absolute Gasteiger partial charge is 0.481 e. The number of aliphatic hydroxyl groups excluding tert-OH is 4. The minimum Gasteiger partial charge on any atom is -0.481 e. The molecule has 7 N–H and O–H groups in total. The fourth-order valence-corrected chi connectivity index (χ4v) is 12.0. The van der Waals surface area contributed by atoms with Gasteiger partial charge in [-0.2, -0.15) is 0 Å². The standard InChI is InChI=1S/C35H50O12/c1-16-8-10-34(29(42)43)13-12-32(4)18(23(34)17(16)2)6-7-22-31(3)14-19(36)26(47-27-25(39)24(38)20(37)15-46-27)33(5,28(40)41)21(31)9-11-35(22,32)30(44)45/h6,17,19-27,36-39H,1,7-15H2,2-5H3,(H,40,41)(H,42,43)(H,44,45). The van der Waals surface area contributed by atoms with Crippen molar-refractivity contribution in [2.24, 2.45) is 50.7 Å². The molecule has 0 radical (unpaired) electrons. The van der Waals surface area contributed by atoms with E-state index in [2.05, 4.69) is 6.58 Å². The second-order valence-electron chi connectivity index (χ2n) is 16.2. The average Bonchev–Trinajstić information content (AvgIpc) is 3.00. The van der Waals surface area contributed by atoms with Crippen molar-refractivity contribution in [3.8, 4) is 0 Å². The number of hydrogen-bond donors (Lipinski definition) is 7. The van der Waals surface area contributed by atoms with E-state index in [0.717, 1.165) is 11.1 Å². The number of ether oxygens (including phenoxy) is 2. The molecule has 15 unspecified atom stereocenters. The molecule has 5 fully saturated rings. The van der Waals surface area contributed by atoms with Crippen molar-refractivity contribution in [3.05, 3.63) is 23.8 Å². The van der Waals surface area contributed by atoms with Gasteiger partial charge in [0.05, 0.1) is 29.0 Å². The van der Waals surface area contributed by atoms with Gasteiger partial charge in [-0.25, -0.2) is 0 Å². The summed E-state index contributed by atoms with van der Waals surface area (Å²) in [5.41, 5.74) is -4.18. The first-order chi connectivity index (χ1) is 21.8. The molecule has 0 amide bonds. The number of carboxylic acid groups (broad SMARTS) is 3. The van der Waals surface area contributed by atoms with Crippen LogP contribution >= 0.6 is 0 Å². The molecule has 0 aromatic carbocycles. The van der Waals surface area contributed by atoms with E-state index in [9.17, 15) is 50.1 Å². The van der Waals surface area contributed by atoms with Gasteiger partial charge in [0.15, 0.2) is 6.29 Å². The Morgan fingerprint density at radius 1 is 0.894 bits per heavy atom. The van der Waals surface area contributed by atoms with Crippen LogP contribution in [0.2, 0.25) is 0 Å². The molecular formula is C35H50O12. The zero-order valence-electron chi connectivity index (χ0n) is 27.6. The van der Waals surface area contributed by atoms with E-state index >= 15 is 0 Å². The monoisotopic (exact) mass is 662 g/mol. The molecule has 262 valence electrons. The summed E-state index contributed by atoms with van der Waals surface area (Å²) in [5, 5.41) is 75.2. The quantitative estimate of drug-likeness (QED) is 0.167. The summed E-state index contributed by atoms with van der Waals surface area (Å²) in [6, 6.07) is 0. The van der Waals surface area contributed by atoms with Gasteiger partial charge < -0.3 is 45.2 Å². The maximum absolute atomic E-state index is 13.9. The fourth-order valence-electron chi connectivity index (χ4n) is 12.0. The van der Waals surface area contributed by atoms with Crippen LogP contribution in [0.5, 0.6) is 0 Å². The zero-order valence-corrected chi connectivity index (χ0v) is 27.6. The van der Waals surface area contributed by atoms with Crippen LogP contribution in [0.1, 0.15) is 79.1 Å². The Labute approximate surface area is 274 Å². The Bertz CT molecular complexity index is 1390. The highest BCUT2D eigenvalue weighted by Crippen LogP contribution is 2.76. The lowest BCUT2D eigenvalue weighted by atomic mass is 9.32. The van der Waals surface area contributed by atoms with E-state index in [1.807, 2.05) is 26.8 Å². The Morgan fingerprint density at radius 3 is 2.19 bits per heavy atom. The topological polar surface area (TPSA) is 211 Å². The molecule has 0 bridgehead atoms. The molecule has 47 heavy (non-hydrogen) atoms. The molecule has 0 spiro atoms. The van der Waals surface area contributed by atoms with Gasteiger partial charge in [-0.1, -0.05) is 44.6 Å². The number of aliphatic hydroxyl groups is 4. The van der Waals surface area contributed by atoms with E-state index in [1.165, 1.54) is 6.92 Å². The third-order valence-corrected chi connectivity index (χ3v) is 14.6. The van der Waals surface area contributed by atoms with Crippen LogP contribution in [-0.4, -0.2) is 97.1 Å². The van der Waals surface area contributed by atoms with Gasteiger partial charge in [0.25, 0.3) is 0 Å². The molecule has 15 atom stereocenters. The molecule has 6 aliphatic rings. The summed E-state index contributed by atoms with van der Waals surface area (Å²) in [5.74, 6) is -4.89. The van der Waals surface area contributed by atoms with Crippen LogP contribution in [0, 0.1) is 50.7 Å². The highest BCUT2D eigenvalue weighted by atomic mass is 16.7. The van der Waals surface area contributed by atoms with Crippen LogP contribution in [0.4, 0.5) is 0 Å². The number of allylic oxidation sites excluding steroid dienone is 3. The van der Waals surface area contributed by atoms with Crippen molar-refractivity contribution in [2.75, 3.05) is 6.61 Å². The van der Waals surface area contributed by atoms with Crippen LogP contribution in [0.3, 0.4) is 0 Å². The summed E-state index contributed by atoms with van der Waals surface area (Å²) < 4.78 is 11.4. The maximum Gasteiger partial charge on any atom is 0.312 e. The lowest BCUT2D eigenvalue weighted by Gasteiger charge is -2.70. The van der Waals surface area contributed by atoms with Gasteiger partial charge in [0.1, 0.15) is 24.4 Å². The van der Waals surface area contributed by atoms with E-state index in [4.69, 9.17) is 9.47 Å². The normalized spacial score (nSPS) is 52.6. The summed E-state index contributed by atoms with van der Waals surface area (Å²) in [6.07, 6.45) is -4.45. The van der Waals surface area contributed by atoms with Crippen molar-refractivity contribution in [3.63, 3.8) is 0 Å². The van der Waals surface area contributed by atoms with Crippen molar-refractivity contribution >= 4 is 17.9 Å². The highest BCUT2D eigenvalue weighted by molar-refractivity contribution is 5.81. The molecule has 12 nitrogen and oxygen atoms in total. The zero-order chi connectivity index (χ0) is 34.6. The van der Waals surface area contributed by atoms with Crippen molar-refractivity contribution in [2.45, 2.75) is 116 Å². The summed E-state index contributed by atoms with van der Waals surface area (Å²) >= 11 is 0. The molecule has 1 heterocycles. The van der Waals surface area contributed by atoms with Crippen molar-refractivity contribution in [1.82, 2.24) is 0 Å². The van der Waals surface area contributed by atoms with Gasteiger partial charge in [0, 0.05) is 11.3 Å². The van der Waals surface area contributed by atoms with Gasteiger partial charge in [0.2, 0.25) is 0 Å². The molecule has 1 saturated heterocycles. The summed E-state index contributed by atoms with van der Waals surface area (Å²) in [6.45, 7) is 11.2. The van der Waals surface area contributed by atoms with Gasteiger partial charge in [-0.05, 0) is 81.5 Å². The first-order valence-corrected chi connectivity index (χ1v) is 16.9. The van der Waals surface area contributed by atoms with E-state index in [1.54, 1.807) is 0 Å². The lowest BCUT2D eigenvalue weighted by molar-refractivity contribution is -0.322. The van der Waals surface area contributed by atoms with E-state index in [-0.39, 0.29) is 38.2 Å². The van der Waals surface area contributed by atoms with Crippen LogP contribution in [-0.2, 0) is 23.9 Å². The van der Waals surface area contributed by atoms with Gasteiger partial charge in [-0.3, -0.25) is 14.4 Å². The average molecular weight is 663 g/mol. The predicted molar refractivity (Wildman–Crippen MR) is 165 cm³/mol. The Balaban J connectivity index is 1.43. The molecular weight excluding hydrogens is 612 g/mol. The smallest absolute Gasteiger partial charge is 0.312 e. The first kappa shape index (κ1) is 34.5. The minimum atomic E-state index is -1.74. The van der Waals surface area contributed by atoms with Gasteiger partial charge in [-0.15, -0.1) is 0 Å². The number of fused-ring (bicyclic) bond motifs is 7. The van der Waals surface area contributed by atoms with Gasteiger partial charge >= 0.3 is 17.9 Å². The molecule has 0 aromatic heterocycles. The minimum absolute atomic E-state index is 0.0217. The number of rotatable bonds is 5. The maximum atomic E-state index is 13.9. The van der Waals surface area contributed by atoms with E-state index in [0.29, 0.717) is 25.7 Å². The molecule has 5 aliphatic carbocycles. The summed E-state index contributed by atoms with van der Waals surface area (Å²) in [4.78, 5) is 40.1. The lowest BCUT2D eigenvalue weighted by Crippen LogP contribution is -2.71. The Kier molecular flexibility index (Phi) is 8.14. The SMILES string of the molecule is C=C1CCC2(C(=O)O)CCC3(C)C(=CCC4C5(C)CC(O)C(OC6OCC(O)C(O)C6O)C(C)(C(=O)O)C5CCC43C(=O)O)C2C1C. The number of aliphatic carboxylic acids is 3. The second-order valence-corrected chi connectivity index (χ2v) is 16.2. The number of carboxylic acids is 3. The number of carbonyl (C=O) groups is 3. The molecule has 6 rings (SSSR count). The third kappa shape index (κ3) is 4.30.